The molecule has 0 aliphatic carbocycles. The molecule has 0 aliphatic rings. The lowest BCUT2D eigenvalue weighted by molar-refractivity contribution is 0.305. The molecule has 1 heterocycles. The van der Waals surface area contributed by atoms with Gasteiger partial charge < -0.3 is 9.52 Å². The first-order valence-electron chi connectivity index (χ1n) is 2.91. The molecule has 0 aromatic carbocycles. The molecule has 3 heteroatoms. The Morgan fingerprint density at radius 2 is 2.10 bits per heavy atom. The highest BCUT2D eigenvalue weighted by atomic mass is 16.5. The second kappa shape index (κ2) is 2.17. The molecule has 0 spiro atoms. The summed E-state index contributed by atoms with van der Waals surface area (Å²) >= 11 is 0. The fourth-order valence-corrected chi connectivity index (χ4v) is 0.655. The Balaban J connectivity index is 3.46. The van der Waals surface area contributed by atoms with Crippen molar-refractivity contribution in [1.29, 1.82) is 0 Å². The van der Waals surface area contributed by atoms with Crippen LogP contribution >= 0.6 is 0 Å². The second-order valence-corrected chi connectivity index (χ2v) is 2.18. The number of aryl methyl sites for hydroxylation is 1. The van der Waals surface area contributed by atoms with E-state index in [9.17, 15) is 4.79 Å². The summed E-state index contributed by atoms with van der Waals surface area (Å²) in [6.07, 6.45) is 0. The van der Waals surface area contributed by atoms with Crippen LogP contribution in [0.2, 0.25) is 0 Å². The van der Waals surface area contributed by atoms with Crippen molar-refractivity contribution in [2.45, 2.75) is 13.8 Å². The van der Waals surface area contributed by atoms with E-state index in [4.69, 9.17) is 5.11 Å². The monoisotopic (exact) mass is 140 g/mol. The van der Waals surface area contributed by atoms with E-state index in [1.165, 1.54) is 6.07 Å². The fraction of sp³-hybridized carbons (Fsp3) is 0.286. The molecule has 0 radical (unpaired) electrons. The van der Waals surface area contributed by atoms with Crippen molar-refractivity contribution < 1.29 is 9.52 Å². The van der Waals surface area contributed by atoms with Crippen LogP contribution in [0.4, 0.5) is 0 Å². The Morgan fingerprint density at radius 1 is 1.50 bits per heavy atom. The molecule has 1 N–H and O–H groups in total. The van der Waals surface area contributed by atoms with Gasteiger partial charge in [-0.15, -0.1) is 0 Å². The predicted molar refractivity (Wildman–Crippen MR) is 36.1 cm³/mol. The van der Waals surface area contributed by atoms with Gasteiger partial charge in [0.1, 0.15) is 0 Å². The molecule has 0 saturated heterocycles. The van der Waals surface area contributed by atoms with E-state index in [1.807, 2.05) is 0 Å². The number of aromatic hydroxyl groups is 1. The predicted octanol–water partition coefficient (Wildman–Crippen LogP) is 0.962. The lowest BCUT2D eigenvalue weighted by atomic mass is 10.2. The van der Waals surface area contributed by atoms with Gasteiger partial charge in [0.2, 0.25) is 0 Å². The average molecular weight is 140 g/mol. The second-order valence-electron chi connectivity index (χ2n) is 2.18. The average Bonchev–Trinajstić information content (AvgIpc) is 1.82. The van der Waals surface area contributed by atoms with Gasteiger partial charge in [0.25, 0.3) is 5.95 Å². The summed E-state index contributed by atoms with van der Waals surface area (Å²) < 4.78 is 4.39. The Bertz CT molecular complexity index is 272. The zero-order valence-electron chi connectivity index (χ0n) is 5.84. The van der Waals surface area contributed by atoms with Gasteiger partial charge in [0, 0.05) is 11.6 Å². The number of hydrogen-bond acceptors (Lipinski definition) is 3. The third-order valence-electron chi connectivity index (χ3n) is 1.44. The summed E-state index contributed by atoms with van der Waals surface area (Å²) in [5.74, 6) is -0.287. The first kappa shape index (κ1) is 6.86. The summed E-state index contributed by atoms with van der Waals surface area (Å²) in [6, 6.07) is 1.34. The summed E-state index contributed by atoms with van der Waals surface area (Å²) in [4.78, 5) is 10.5. The van der Waals surface area contributed by atoms with Crippen molar-refractivity contribution in [3.63, 3.8) is 0 Å². The highest BCUT2D eigenvalue weighted by Gasteiger charge is 2.01. The highest BCUT2D eigenvalue weighted by Crippen LogP contribution is 2.15. The molecule has 1 rings (SSSR count). The number of rotatable bonds is 0. The van der Waals surface area contributed by atoms with Crippen LogP contribution in [0.25, 0.3) is 0 Å². The Morgan fingerprint density at radius 3 is 2.60 bits per heavy atom. The van der Waals surface area contributed by atoms with Gasteiger partial charge >= 0.3 is 5.63 Å². The van der Waals surface area contributed by atoms with E-state index in [1.54, 1.807) is 13.8 Å². The van der Waals surface area contributed by atoms with Crippen LogP contribution in [-0.2, 0) is 0 Å². The third kappa shape index (κ3) is 1.03. The first-order valence-corrected chi connectivity index (χ1v) is 2.91. The molecule has 1 aromatic rings. The molecule has 0 atom stereocenters. The minimum Gasteiger partial charge on any atom is -0.480 e. The van der Waals surface area contributed by atoms with Crippen molar-refractivity contribution in [3.05, 3.63) is 27.6 Å². The van der Waals surface area contributed by atoms with E-state index >= 15 is 0 Å². The van der Waals surface area contributed by atoms with Crippen molar-refractivity contribution in [3.8, 4) is 5.95 Å². The quantitative estimate of drug-likeness (QED) is 0.584. The minimum absolute atomic E-state index is 0.287. The first-order chi connectivity index (χ1) is 4.61. The molecule has 10 heavy (non-hydrogen) atoms. The molecule has 54 valence electrons. The Kier molecular flexibility index (Phi) is 1.49. The smallest absolute Gasteiger partial charge is 0.338 e. The van der Waals surface area contributed by atoms with E-state index in [-0.39, 0.29) is 5.95 Å². The van der Waals surface area contributed by atoms with E-state index < -0.39 is 5.63 Å². The zero-order valence-corrected chi connectivity index (χ0v) is 5.84. The topological polar surface area (TPSA) is 50.4 Å². The van der Waals surface area contributed by atoms with Gasteiger partial charge in [-0.1, -0.05) is 0 Å². The summed E-state index contributed by atoms with van der Waals surface area (Å²) in [5, 5.41) is 8.91. The van der Waals surface area contributed by atoms with Gasteiger partial charge in [0.15, 0.2) is 0 Å². The van der Waals surface area contributed by atoms with Crippen molar-refractivity contribution >= 4 is 0 Å². The summed E-state index contributed by atoms with van der Waals surface area (Å²) in [7, 11) is 0. The molecule has 3 nitrogen and oxygen atoms in total. The molecule has 0 unspecified atom stereocenters. The molecule has 0 amide bonds. The van der Waals surface area contributed by atoms with Crippen LogP contribution in [-0.4, -0.2) is 5.11 Å². The zero-order chi connectivity index (χ0) is 7.72. The van der Waals surface area contributed by atoms with Crippen LogP contribution in [0.15, 0.2) is 15.3 Å². The van der Waals surface area contributed by atoms with Crippen LogP contribution in [0, 0.1) is 13.8 Å². The highest BCUT2D eigenvalue weighted by molar-refractivity contribution is 5.27. The lowest BCUT2D eigenvalue weighted by Gasteiger charge is -1.97. The van der Waals surface area contributed by atoms with E-state index in [0.717, 1.165) is 5.56 Å². The maximum absolute atomic E-state index is 10.5. The van der Waals surface area contributed by atoms with Crippen molar-refractivity contribution in [2.24, 2.45) is 0 Å². The molecule has 1 aromatic heterocycles. The van der Waals surface area contributed by atoms with Gasteiger partial charge in [-0.25, -0.2) is 4.79 Å². The standard InChI is InChI=1S/C7H8O3/c1-4-3-6(8)10-7(9)5(4)2/h3,9H,1-2H3. The normalized spacial score (nSPS) is 9.80. The SMILES string of the molecule is Cc1cc(=O)oc(O)c1C. The van der Waals surface area contributed by atoms with Gasteiger partial charge in [0.05, 0.1) is 0 Å². The third-order valence-corrected chi connectivity index (χ3v) is 1.44. The van der Waals surface area contributed by atoms with Crippen molar-refractivity contribution in [1.82, 2.24) is 0 Å². The number of hydrogen-bond donors (Lipinski definition) is 1. The summed E-state index contributed by atoms with van der Waals surface area (Å²) in [6.45, 7) is 3.43. The van der Waals surface area contributed by atoms with E-state index in [0.29, 0.717) is 5.56 Å². The van der Waals surface area contributed by atoms with Crippen LogP contribution < -0.4 is 5.63 Å². The van der Waals surface area contributed by atoms with Gasteiger partial charge in [-0.3, -0.25) is 0 Å². The fourth-order valence-electron chi connectivity index (χ4n) is 0.655. The largest absolute Gasteiger partial charge is 0.480 e. The van der Waals surface area contributed by atoms with Gasteiger partial charge in [-0.2, -0.15) is 0 Å². The Labute approximate surface area is 57.9 Å². The molecular weight excluding hydrogens is 132 g/mol. The molecule has 0 bridgehead atoms. The molecular formula is C7H8O3. The Hall–Kier alpha value is -1.25. The van der Waals surface area contributed by atoms with Crippen molar-refractivity contribution in [2.75, 3.05) is 0 Å². The van der Waals surface area contributed by atoms with Crippen LogP contribution in [0.1, 0.15) is 11.1 Å². The van der Waals surface area contributed by atoms with Crippen LogP contribution in [0.5, 0.6) is 5.95 Å². The summed E-state index contributed by atoms with van der Waals surface area (Å²) in [5.41, 5.74) is 0.842. The van der Waals surface area contributed by atoms with Crippen LogP contribution in [0.3, 0.4) is 0 Å². The lowest BCUT2D eigenvalue weighted by Crippen LogP contribution is -1.98. The van der Waals surface area contributed by atoms with E-state index in [2.05, 4.69) is 4.42 Å². The molecule has 0 saturated carbocycles. The molecule has 0 aliphatic heterocycles. The maximum Gasteiger partial charge on any atom is 0.338 e. The molecule has 0 fully saturated rings. The van der Waals surface area contributed by atoms with Gasteiger partial charge in [-0.05, 0) is 19.4 Å². The maximum atomic E-state index is 10.5. The minimum atomic E-state index is -0.513.